The molecule has 126 valence electrons. The van der Waals surface area contributed by atoms with Gasteiger partial charge in [-0.3, -0.25) is 14.5 Å². The number of aliphatic carboxylic acids is 1. The maximum atomic E-state index is 11.9. The number of rotatable bonds is 6. The first kappa shape index (κ1) is 19.7. The van der Waals surface area contributed by atoms with Gasteiger partial charge in [0.15, 0.2) is 5.78 Å². The maximum absolute atomic E-state index is 11.9. The number of carbonyl (C=O) groups is 2. The van der Waals surface area contributed by atoms with Gasteiger partial charge in [0.25, 0.3) is 0 Å². The van der Waals surface area contributed by atoms with Crippen molar-refractivity contribution in [2.45, 2.75) is 31.7 Å². The summed E-state index contributed by atoms with van der Waals surface area (Å²) < 4.78 is 0. The molecule has 0 amide bonds. The Balaban J connectivity index is 0.00000264. The number of ketones is 1. The fourth-order valence-corrected chi connectivity index (χ4v) is 2.76. The summed E-state index contributed by atoms with van der Waals surface area (Å²) in [4.78, 5) is 25.0. The molecule has 0 aliphatic carbocycles. The lowest BCUT2D eigenvalue weighted by Crippen LogP contribution is -2.45. The molecule has 1 heterocycles. The van der Waals surface area contributed by atoms with Gasteiger partial charge >= 0.3 is 5.97 Å². The highest BCUT2D eigenvalue weighted by Crippen LogP contribution is 2.17. The molecule has 0 saturated carbocycles. The van der Waals surface area contributed by atoms with E-state index in [-0.39, 0.29) is 18.2 Å². The molecule has 1 fully saturated rings. The molecule has 1 aromatic rings. The van der Waals surface area contributed by atoms with Crippen LogP contribution in [-0.2, 0) is 9.59 Å². The summed E-state index contributed by atoms with van der Waals surface area (Å²) in [5.41, 5.74) is 0.916. The fraction of sp³-hybridized carbons (Fsp3) is 0.412. The first-order valence-corrected chi connectivity index (χ1v) is 7.87. The minimum Gasteiger partial charge on any atom is -0.480 e. The molecule has 0 aromatic heterocycles. The average Bonchev–Trinajstić information content (AvgIpc) is 2.52. The van der Waals surface area contributed by atoms with E-state index in [1.54, 1.807) is 24.3 Å². The highest BCUT2D eigenvalue weighted by Gasteiger charge is 2.27. The second-order valence-corrected chi connectivity index (χ2v) is 5.92. The van der Waals surface area contributed by atoms with Crippen molar-refractivity contribution in [1.29, 1.82) is 0 Å². The van der Waals surface area contributed by atoms with Gasteiger partial charge in [0.2, 0.25) is 0 Å². The average molecular weight is 358 g/mol. The van der Waals surface area contributed by atoms with Crippen molar-refractivity contribution in [3.05, 3.63) is 40.9 Å². The van der Waals surface area contributed by atoms with Crippen LogP contribution in [0.15, 0.2) is 30.3 Å². The van der Waals surface area contributed by atoms with Gasteiger partial charge < -0.3 is 5.11 Å². The predicted molar refractivity (Wildman–Crippen MR) is 94.2 cm³/mol. The second kappa shape index (κ2) is 9.71. The summed E-state index contributed by atoms with van der Waals surface area (Å²) in [7, 11) is 0. The van der Waals surface area contributed by atoms with Gasteiger partial charge in [-0.15, -0.1) is 12.4 Å². The van der Waals surface area contributed by atoms with Gasteiger partial charge in [0, 0.05) is 18.0 Å². The Morgan fingerprint density at radius 2 is 1.96 bits per heavy atom. The number of carbonyl (C=O) groups excluding carboxylic acids is 1. The van der Waals surface area contributed by atoms with Crippen LogP contribution in [0.5, 0.6) is 0 Å². The van der Waals surface area contributed by atoms with E-state index in [4.69, 9.17) is 11.6 Å². The molecular formula is C17H21Cl2NO3. The number of carboxylic acids is 1. The van der Waals surface area contributed by atoms with Crippen LogP contribution < -0.4 is 0 Å². The molecular weight excluding hydrogens is 337 g/mol. The van der Waals surface area contributed by atoms with Gasteiger partial charge in [0.05, 0.1) is 0 Å². The number of likely N-dealkylation sites (tertiary alicyclic amines) is 1. The zero-order valence-electron chi connectivity index (χ0n) is 12.8. The summed E-state index contributed by atoms with van der Waals surface area (Å²) in [5, 5.41) is 9.86. The Morgan fingerprint density at radius 3 is 2.61 bits per heavy atom. The minimum absolute atomic E-state index is 0. The summed E-state index contributed by atoms with van der Waals surface area (Å²) in [5.74, 6) is -0.784. The van der Waals surface area contributed by atoms with Crippen LogP contribution in [0, 0.1) is 0 Å². The topological polar surface area (TPSA) is 57.6 Å². The number of piperidine rings is 1. The fourth-order valence-electron chi connectivity index (χ4n) is 2.64. The van der Waals surface area contributed by atoms with Crippen LogP contribution in [0.1, 0.15) is 31.2 Å². The molecule has 0 radical (unpaired) electrons. The molecule has 1 atom stereocenters. The van der Waals surface area contributed by atoms with Crippen molar-refractivity contribution in [3.63, 3.8) is 0 Å². The van der Waals surface area contributed by atoms with Crippen LogP contribution in [0.2, 0.25) is 5.02 Å². The van der Waals surface area contributed by atoms with E-state index in [2.05, 4.69) is 0 Å². The Morgan fingerprint density at radius 1 is 1.26 bits per heavy atom. The number of carboxylic acid groups (broad SMARTS) is 1. The van der Waals surface area contributed by atoms with E-state index in [1.807, 2.05) is 17.0 Å². The molecule has 1 aliphatic rings. The van der Waals surface area contributed by atoms with E-state index in [0.29, 0.717) is 24.4 Å². The molecule has 1 aliphatic heterocycles. The summed E-state index contributed by atoms with van der Waals surface area (Å²) in [6.45, 7) is 1.26. The second-order valence-electron chi connectivity index (χ2n) is 5.49. The van der Waals surface area contributed by atoms with E-state index >= 15 is 0 Å². The number of hydrogen-bond acceptors (Lipinski definition) is 3. The Kier molecular flexibility index (Phi) is 8.31. The molecule has 23 heavy (non-hydrogen) atoms. The van der Waals surface area contributed by atoms with E-state index in [1.165, 1.54) is 0 Å². The van der Waals surface area contributed by atoms with Gasteiger partial charge in [-0.1, -0.05) is 36.2 Å². The van der Waals surface area contributed by atoms with Gasteiger partial charge in [0.1, 0.15) is 6.04 Å². The standard InChI is InChI=1S/C17H20ClNO3.ClH/c18-14-7-4-13(5-8-14)6-9-15(20)10-12-19-11-2-1-3-16(19)17(21)22;/h4-9,16H,1-3,10-12H2,(H,21,22);1H. The molecule has 1 unspecified atom stereocenters. The third-order valence-corrected chi connectivity index (χ3v) is 4.13. The molecule has 0 spiro atoms. The number of benzene rings is 1. The lowest BCUT2D eigenvalue weighted by Gasteiger charge is -2.32. The Hall–Kier alpha value is -1.36. The number of allylic oxidation sites excluding steroid dienone is 1. The maximum Gasteiger partial charge on any atom is 0.320 e. The molecule has 2 rings (SSSR count). The van der Waals surface area contributed by atoms with Gasteiger partial charge in [-0.25, -0.2) is 0 Å². The quantitative estimate of drug-likeness (QED) is 0.789. The monoisotopic (exact) mass is 357 g/mol. The zero-order valence-corrected chi connectivity index (χ0v) is 14.4. The van der Waals surface area contributed by atoms with Crippen molar-refractivity contribution in [2.24, 2.45) is 0 Å². The molecule has 4 nitrogen and oxygen atoms in total. The van der Waals surface area contributed by atoms with Crippen molar-refractivity contribution < 1.29 is 14.7 Å². The van der Waals surface area contributed by atoms with Crippen LogP contribution >= 0.6 is 24.0 Å². The third kappa shape index (κ3) is 6.34. The number of halogens is 2. The minimum atomic E-state index is -0.788. The highest BCUT2D eigenvalue weighted by atomic mass is 35.5. The highest BCUT2D eigenvalue weighted by molar-refractivity contribution is 6.30. The van der Waals surface area contributed by atoms with Crippen LogP contribution in [0.3, 0.4) is 0 Å². The van der Waals surface area contributed by atoms with E-state index in [0.717, 1.165) is 24.9 Å². The Labute approximate surface area is 147 Å². The predicted octanol–water partition coefficient (Wildman–Crippen LogP) is 3.67. The van der Waals surface area contributed by atoms with Crippen molar-refractivity contribution in [2.75, 3.05) is 13.1 Å². The molecule has 6 heteroatoms. The smallest absolute Gasteiger partial charge is 0.320 e. The molecule has 1 aromatic carbocycles. The zero-order chi connectivity index (χ0) is 15.9. The molecule has 1 N–H and O–H groups in total. The molecule has 1 saturated heterocycles. The SMILES string of the molecule is Cl.O=C(C=Cc1ccc(Cl)cc1)CCN1CCCCC1C(=O)O. The summed E-state index contributed by atoms with van der Waals surface area (Å²) in [6, 6.07) is 6.80. The van der Waals surface area contributed by atoms with Crippen molar-refractivity contribution >= 4 is 41.8 Å². The number of hydrogen-bond donors (Lipinski definition) is 1. The van der Waals surface area contributed by atoms with E-state index in [9.17, 15) is 14.7 Å². The summed E-state index contributed by atoms with van der Waals surface area (Å²) >= 11 is 5.80. The Bertz CT molecular complexity index is 557. The van der Waals surface area contributed by atoms with Crippen molar-refractivity contribution in [3.8, 4) is 0 Å². The lowest BCUT2D eigenvalue weighted by molar-refractivity contribution is -0.144. The van der Waals surface area contributed by atoms with Crippen LogP contribution in [-0.4, -0.2) is 40.9 Å². The van der Waals surface area contributed by atoms with Crippen LogP contribution in [0.25, 0.3) is 6.08 Å². The first-order valence-electron chi connectivity index (χ1n) is 7.49. The largest absolute Gasteiger partial charge is 0.480 e. The normalized spacial score (nSPS) is 18.6. The summed E-state index contributed by atoms with van der Waals surface area (Å²) in [6.07, 6.45) is 6.25. The lowest BCUT2D eigenvalue weighted by atomic mass is 10.0. The molecule has 0 bridgehead atoms. The van der Waals surface area contributed by atoms with Gasteiger partial charge in [-0.05, 0) is 43.2 Å². The van der Waals surface area contributed by atoms with E-state index < -0.39 is 12.0 Å². The van der Waals surface area contributed by atoms with Crippen LogP contribution in [0.4, 0.5) is 0 Å². The third-order valence-electron chi connectivity index (χ3n) is 3.88. The van der Waals surface area contributed by atoms with Gasteiger partial charge in [-0.2, -0.15) is 0 Å². The first-order chi connectivity index (χ1) is 10.6. The van der Waals surface area contributed by atoms with Crippen molar-refractivity contribution in [1.82, 2.24) is 4.90 Å². The number of nitrogens with zero attached hydrogens (tertiary/aromatic N) is 1.